The van der Waals surface area contributed by atoms with Gasteiger partial charge in [-0.15, -0.1) is 11.6 Å². The quantitative estimate of drug-likeness (QED) is 0.542. The van der Waals surface area contributed by atoms with E-state index in [0.717, 1.165) is 11.3 Å². The van der Waals surface area contributed by atoms with E-state index in [9.17, 15) is 4.79 Å². The Kier molecular flexibility index (Phi) is 2.93. The molecular weight excluding hydrogens is 162 g/mol. The first-order valence-electron chi connectivity index (χ1n) is 3.15. The van der Waals surface area contributed by atoms with Crippen LogP contribution in [0.1, 0.15) is 5.56 Å². The number of alkyl halides is 1. The van der Waals surface area contributed by atoms with Crippen LogP contribution in [-0.2, 0) is 10.7 Å². The number of amides is 1. The highest BCUT2D eigenvalue weighted by Crippen LogP contribution is 2.15. The van der Waals surface area contributed by atoms with Crippen LogP contribution in [-0.4, -0.2) is 6.41 Å². The molecule has 1 radical (unpaired) electrons. The van der Waals surface area contributed by atoms with Gasteiger partial charge in [0.15, 0.2) is 0 Å². The molecule has 11 heavy (non-hydrogen) atoms. The number of anilines is 1. The molecule has 0 saturated heterocycles. The summed E-state index contributed by atoms with van der Waals surface area (Å²) in [6.45, 7) is 0. The average Bonchev–Trinajstić information content (AvgIpc) is 2.06. The zero-order valence-corrected chi connectivity index (χ0v) is 6.56. The molecule has 0 saturated carbocycles. The Bertz CT molecular complexity index is 250. The predicted molar refractivity (Wildman–Crippen MR) is 45.3 cm³/mol. The largest absolute Gasteiger partial charge is 0.317 e. The Balaban J connectivity index is 2.92. The van der Waals surface area contributed by atoms with Crippen molar-refractivity contribution in [3.8, 4) is 0 Å². The summed E-state index contributed by atoms with van der Waals surface area (Å²) in [6, 6.07) is 7.33. The molecule has 1 aromatic carbocycles. The van der Waals surface area contributed by atoms with Gasteiger partial charge in [-0.1, -0.05) is 18.2 Å². The lowest BCUT2D eigenvalue weighted by molar-refractivity contribution is 0.561. The standard InChI is InChI=1S/C8H7ClNO/c9-5-7-3-1-2-4-8(7)10-6-11/h1-4H,5H2,(H,10,11). The van der Waals surface area contributed by atoms with Crippen LogP contribution >= 0.6 is 11.6 Å². The van der Waals surface area contributed by atoms with Gasteiger partial charge in [-0.05, 0) is 11.6 Å². The second kappa shape index (κ2) is 3.98. The van der Waals surface area contributed by atoms with Crippen molar-refractivity contribution in [1.29, 1.82) is 0 Å². The van der Waals surface area contributed by atoms with Crippen molar-refractivity contribution in [3.63, 3.8) is 0 Å². The Morgan fingerprint density at radius 1 is 1.45 bits per heavy atom. The lowest BCUT2D eigenvalue weighted by Gasteiger charge is -2.02. The van der Waals surface area contributed by atoms with Crippen LogP contribution in [0.25, 0.3) is 0 Å². The summed E-state index contributed by atoms with van der Waals surface area (Å²) in [5, 5.41) is 2.44. The molecule has 0 fully saturated rings. The number of benzene rings is 1. The van der Waals surface area contributed by atoms with Crippen molar-refractivity contribution in [1.82, 2.24) is 0 Å². The lowest BCUT2D eigenvalue weighted by atomic mass is 10.2. The van der Waals surface area contributed by atoms with E-state index in [4.69, 9.17) is 11.6 Å². The highest BCUT2D eigenvalue weighted by Gasteiger charge is 1.97. The van der Waals surface area contributed by atoms with E-state index in [2.05, 4.69) is 5.32 Å². The van der Waals surface area contributed by atoms with Crippen molar-refractivity contribution in [2.24, 2.45) is 0 Å². The molecule has 0 aliphatic rings. The SMILES string of the molecule is O=[C]Nc1ccccc1CCl. The lowest BCUT2D eigenvalue weighted by Crippen LogP contribution is -1.96. The minimum Gasteiger partial charge on any atom is -0.317 e. The number of nitrogens with one attached hydrogen (secondary N) is 1. The molecule has 57 valence electrons. The number of carbonyl (C=O) groups excluding carboxylic acids is 1. The first-order valence-corrected chi connectivity index (χ1v) is 3.69. The second-order valence-corrected chi connectivity index (χ2v) is 2.29. The third-order valence-corrected chi connectivity index (χ3v) is 1.63. The van der Waals surface area contributed by atoms with Gasteiger partial charge in [-0.3, -0.25) is 4.79 Å². The van der Waals surface area contributed by atoms with E-state index in [-0.39, 0.29) is 0 Å². The van der Waals surface area contributed by atoms with Gasteiger partial charge in [0, 0.05) is 11.6 Å². The van der Waals surface area contributed by atoms with Crippen LogP contribution in [0.15, 0.2) is 24.3 Å². The van der Waals surface area contributed by atoms with E-state index in [1.165, 1.54) is 0 Å². The Labute approximate surface area is 70.2 Å². The average molecular weight is 169 g/mol. The smallest absolute Gasteiger partial charge is 0.314 e. The molecule has 1 N–H and O–H groups in total. The topological polar surface area (TPSA) is 29.1 Å². The molecule has 0 aromatic heterocycles. The number of hydrogen-bond donors (Lipinski definition) is 1. The summed E-state index contributed by atoms with van der Waals surface area (Å²) >= 11 is 5.60. The number of rotatable bonds is 3. The molecule has 0 aliphatic heterocycles. The Hall–Kier alpha value is -1.02. The zero-order valence-electron chi connectivity index (χ0n) is 5.80. The molecule has 3 heteroatoms. The van der Waals surface area contributed by atoms with Crippen molar-refractivity contribution in [2.75, 3.05) is 5.32 Å². The normalized spacial score (nSPS) is 9.18. The third-order valence-electron chi connectivity index (χ3n) is 1.35. The molecular formula is C8H7ClNO. The molecule has 1 aromatic rings. The van der Waals surface area contributed by atoms with Gasteiger partial charge in [0.2, 0.25) is 0 Å². The summed E-state index contributed by atoms with van der Waals surface area (Å²) in [5.41, 5.74) is 1.62. The van der Waals surface area contributed by atoms with E-state index in [0.29, 0.717) is 5.88 Å². The Morgan fingerprint density at radius 3 is 2.82 bits per heavy atom. The monoisotopic (exact) mass is 168 g/mol. The number of halogens is 1. The van der Waals surface area contributed by atoms with E-state index in [1.54, 1.807) is 12.5 Å². The summed E-state index contributed by atoms with van der Waals surface area (Å²) in [6.07, 6.45) is 1.60. The third kappa shape index (κ3) is 1.95. The fourth-order valence-electron chi connectivity index (χ4n) is 0.814. The molecule has 1 amide bonds. The fourth-order valence-corrected chi connectivity index (χ4v) is 1.05. The Morgan fingerprint density at radius 2 is 2.18 bits per heavy atom. The van der Waals surface area contributed by atoms with Crippen LogP contribution in [0.5, 0.6) is 0 Å². The van der Waals surface area contributed by atoms with Gasteiger partial charge in [0.1, 0.15) is 0 Å². The van der Waals surface area contributed by atoms with Gasteiger partial charge in [-0.2, -0.15) is 0 Å². The molecule has 2 nitrogen and oxygen atoms in total. The van der Waals surface area contributed by atoms with Crippen LogP contribution < -0.4 is 5.32 Å². The van der Waals surface area contributed by atoms with Crippen molar-refractivity contribution in [2.45, 2.75) is 5.88 Å². The van der Waals surface area contributed by atoms with Crippen molar-refractivity contribution >= 4 is 23.7 Å². The molecule has 1 rings (SSSR count). The fraction of sp³-hybridized carbons (Fsp3) is 0.125. The number of hydrogen-bond acceptors (Lipinski definition) is 1. The van der Waals surface area contributed by atoms with E-state index < -0.39 is 0 Å². The zero-order chi connectivity index (χ0) is 8.10. The summed E-state index contributed by atoms with van der Waals surface area (Å²) in [5.74, 6) is 0.394. The molecule has 0 atom stereocenters. The molecule has 0 spiro atoms. The first kappa shape index (κ1) is 8.08. The predicted octanol–water partition coefficient (Wildman–Crippen LogP) is 1.90. The maximum absolute atomic E-state index is 9.96. The summed E-state index contributed by atoms with van der Waals surface area (Å²) in [4.78, 5) is 9.96. The summed E-state index contributed by atoms with van der Waals surface area (Å²) in [7, 11) is 0. The van der Waals surface area contributed by atoms with E-state index in [1.807, 2.05) is 18.2 Å². The van der Waals surface area contributed by atoms with Gasteiger partial charge in [0.05, 0.1) is 0 Å². The molecule has 0 bridgehead atoms. The van der Waals surface area contributed by atoms with Gasteiger partial charge in [0.25, 0.3) is 0 Å². The molecule has 0 heterocycles. The van der Waals surface area contributed by atoms with Gasteiger partial charge in [-0.25, -0.2) is 0 Å². The number of para-hydroxylation sites is 1. The van der Waals surface area contributed by atoms with Crippen molar-refractivity contribution in [3.05, 3.63) is 29.8 Å². The minimum atomic E-state index is 0.394. The van der Waals surface area contributed by atoms with Gasteiger partial charge < -0.3 is 5.32 Å². The van der Waals surface area contributed by atoms with Crippen LogP contribution in [0, 0.1) is 0 Å². The van der Waals surface area contributed by atoms with Gasteiger partial charge >= 0.3 is 6.41 Å². The summed E-state index contributed by atoms with van der Waals surface area (Å²) < 4.78 is 0. The van der Waals surface area contributed by atoms with Crippen LogP contribution in [0.4, 0.5) is 5.69 Å². The van der Waals surface area contributed by atoms with Crippen LogP contribution in [0.3, 0.4) is 0 Å². The highest BCUT2D eigenvalue weighted by atomic mass is 35.5. The van der Waals surface area contributed by atoms with Crippen molar-refractivity contribution < 1.29 is 4.79 Å². The van der Waals surface area contributed by atoms with Crippen LogP contribution in [0.2, 0.25) is 0 Å². The minimum absolute atomic E-state index is 0.394. The second-order valence-electron chi connectivity index (χ2n) is 2.02. The highest BCUT2D eigenvalue weighted by molar-refractivity contribution is 6.17. The maximum atomic E-state index is 9.96. The van der Waals surface area contributed by atoms with E-state index >= 15 is 0 Å². The molecule has 0 unspecified atom stereocenters. The maximum Gasteiger partial charge on any atom is 0.314 e. The molecule has 0 aliphatic carbocycles. The first-order chi connectivity index (χ1) is 5.38.